The molecule has 1 atom stereocenters. The summed E-state index contributed by atoms with van der Waals surface area (Å²) in [6.07, 6.45) is 22.5. The van der Waals surface area contributed by atoms with Gasteiger partial charge in [-0.1, -0.05) is 77.2 Å². The molecular weight excluding hydrogens is 482 g/mol. The number of allylic oxidation sites excluding steroid dienone is 4. The van der Waals surface area contributed by atoms with Crippen molar-refractivity contribution in [1.29, 1.82) is 0 Å². The highest BCUT2D eigenvalue weighted by Crippen LogP contribution is 2.10. The average Bonchev–Trinajstić information content (AvgIpc) is 2.92. The van der Waals surface area contributed by atoms with Gasteiger partial charge in [-0.3, -0.25) is 4.79 Å². The van der Waals surface area contributed by atoms with E-state index < -0.39 is 6.16 Å². The number of aliphatic hydroxyl groups excluding tert-OH is 1. The zero-order chi connectivity index (χ0) is 28.1. The van der Waals surface area contributed by atoms with Crippen LogP contribution in [0.4, 0.5) is 4.79 Å². The summed E-state index contributed by atoms with van der Waals surface area (Å²) in [5, 5.41) is 9.52. The van der Waals surface area contributed by atoms with E-state index in [2.05, 4.69) is 50.0 Å². The van der Waals surface area contributed by atoms with Crippen molar-refractivity contribution in [1.82, 2.24) is 4.90 Å². The number of hydrogen-bond acceptors (Lipinski definition) is 7. The Hall–Kier alpha value is -1.86. The lowest BCUT2D eigenvalue weighted by Gasteiger charge is -2.17. The predicted molar refractivity (Wildman–Crippen MR) is 155 cm³/mol. The Labute approximate surface area is 233 Å². The van der Waals surface area contributed by atoms with Crippen LogP contribution in [0.25, 0.3) is 0 Å². The van der Waals surface area contributed by atoms with Crippen LogP contribution in [0, 0.1) is 5.92 Å². The van der Waals surface area contributed by atoms with Crippen molar-refractivity contribution < 1.29 is 28.9 Å². The summed E-state index contributed by atoms with van der Waals surface area (Å²) < 4.78 is 15.4. The number of carbonyl (C=O) groups is 2. The van der Waals surface area contributed by atoms with Gasteiger partial charge in [0.15, 0.2) is 0 Å². The molecule has 0 amide bonds. The highest BCUT2D eigenvalue weighted by atomic mass is 16.7. The molecule has 0 aliphatic carbocycles. The molecule has 7 nitrogen and oxygen atoms in total. The summed E-state index contributed by atoms with van der Waals surface area (Å²) in [7, 11) is 0. The lowest BCUT2D eigenvalue weighted by Crippen LogP contribution is -2.25. The van der Waals surface area contributed by atoms with Crippen LogP contribution in [0.5, 0.6) is 0 Å². The van der Waals surface area contributed by atoms with Crippen LogP contribution in [-0.2, 0) is 19.0 Å². The molecule has 0 radical (unpaired) electrons. The first kappa shape index (κ1) is 36.1. The van der Waals surface area contributed by atoms with Gasteiger partial charge in [-0.2, -0.15) is 0 Å². The Kier molecular flexibility index (Phi) is 26.8. The first-order valence-corrected chi connectivity index (χ1v) is 15.2. The first-order chi connectivity index (χ1) is 18.6. The van der Waals surface area contributed by atoms with Gasteiger partial charge >= 0.3 is 12.1 Å². The highest BCUT2D eigenvalue weighted by Gasteiger charge is 2.13. The maximum Gasteiger partial charge on any atom is 0.508 e. The number of carbonyl (C=O) groups excluding carboxylic acids is 2. The molecule has 0 aromatic heterocycles. The molecule has 7 heteroatoms. The van der Waals surface area contributed by atoms with E-state index in [9.17, 15) is 14.7 Å². The van der Waals surface area contributed by atoms with Crippen molar-refractivity contribution in [2.45, 2.75) is 111 Å². The molecule has 0 fully saturated rings. The van der Waals surface area contributed by atoms with E-state index in [-0.39, 0.29) is 31.7 Å². The summed E-state index contributed by atoms with van der Waals surface area (Å²) in [6.45, 7) is 9.73. The molecule has 0 bridgehead atoms. The minimum absolute atomic E-state index is 0.126. The van der Waals surface area contributed by atoms with Gasteiger partial charge in [0, 0.05) is 25.5 Å². The van der Waals surface area contributed by atoms with Crippen molar-refractivity contribution in [2.75, 3.05) is 46.1 Å². The second-order valence-corrected chi connectivity index (χ2v) is 9.83. The van der Waals surface area contributed by atoms with Crippen molar-refractivity contribution in [3.8, 4) is 0 Å². The number of hydrogen-bond donors (Lipinski definition) is 1. The zero-order valence-corrected chi connectivity index (χ0v) is 24.7. The number of rotatable bonds is 26. The molecule has 38 heavy (non-hydrogen) atoms. The number of nitrogens with zero attached hydrogens (tertiary/aromatic N) is 1. The van der Waals surface area contributed by atoms with E-state index in [0.29, 0.717) is 19.4 Å². The van der Waals surface area contributed by atoms with Crippen LogP contribution < -0.4 is 0 Å². The molecule has 0 saturated heterocycles. The topological polar surface area (TPSA) is 85.3 Å². The fraction of sp³-hybridized carbons (Fsp3) is 0.806. The molecule has 1 N–H and O–H groups in total. The van der Waals surface area contributed by atoms with E-state index >= 15 is 0 Å². The summed E-state index contributed by atoms with van der Waals surface area (Å²) >= 11 is 0. The minimum atomic E-state index is -0.695. The van der Waals surface area contributed by atoms with Crippen LogP contribution in [0.15, 0.2) is 24.3 Å². The Morgan fingerprint density at radius 1 is 0.763 bits per heavy atom. The Balaban J connectivity index is 3.65. The Bertz CT molecular complexity index is 603. The lowest BCUT2D eigenvalue weighted by molar-refractivity contribution is -0.145. The summed E-state index contributed by atoms with van der Waals surface area (Å²) in [6, 6.07) is 0. The molecule has 0 saturated carbocycles. The van der Waals surface area contributed by atoms with Gasteiger partial charge in [0.2, 0.25) is 0 Å². The molecule has 0 rings (SSSR count). The van der Waals surface area contributed by atoms with Crippen LogP contribution >= 0.6 is 0 Å². The molecule has 0 spiro atoms. The average molecular weight is 540 g/mol. The maximum atomic E-state index is 12.0. The SMILES string of the molecule is CCCCC/C=C\C/C=C\CCCCCCCC(=O)OCC(CO)CCOC(=O)OCCCN(CC)CC. The van der Waals surface area contributed by atoms with Gasteiger partial charge < -0.3 is 24.2 Å². The quantitative estimate of drug-likeness (QED) is 0.0705. The van der Waals surface area contributed by atoms with Gasteiger partial charge in [-0.25, -0.2) is 4.79 Å². The van der Waals surface area contributed by atoms with E-state index in [0.717, 1.165) is 58.2 Å². The fourth-order valence-corrected chi connectivity index (χ4v) is 3.93. The molecule has 222 valence electrons. The minimum Gasteiger partial charge on any atom is -0.465 e. The van der Waals surface area contributed by atoms with Crippen molar-refractivity contribution >= 4 is 12.1 Å². The van der Waals surface area contributed by atoms with Gasteiger partial charge in [0.05, 0.1) is 19.8 Å². The van der Waals surface area contributed by atoms with E-state index in [1.807, 2.05) is 0 Å². The van der Waals surface area contributed by atoms with E-state index in [1.54, 1.807) is 0 Å². The molecule has 0 aliphatic rings. The maximum absolute atomic E-state index is 12.0. The van der Waals surface area contributed by atoms with Crippen LogP contribution in [0.3, 0.4) is 0 Å². The van der Waals surface area contributed by atoms with E-state index in [1.165, 1.54) is 38.5 Å². The zero-order valence-electron chi connectivity index (χ0n) is 24.7. The standard InChI is InChI=1S/C31H57NO6/c1-4-7-8-9-10-11-12-13-14-15-16-17-18-19-20-22-30(34)38-28-29(27-33)23-26-37-31(35)36-25-21-24-32(5-2)6-3/h10-11,13-14,29,33H,4-9,12,15-28H2,1-3H3/b11-10-,14-13-. The largest absolute Gasteiger partial charge is 0.508 e. The monoisotopic (exact) mass is 539 g/mol. The van der Waals surface area contributed by atoms with Crippen LogP contribution in [-0.4, -0.2) is 68.2 Å². The Morgan fingerprint density at radius 2 is 1.39 bits per heavy atom. The second-order valence-electron chi connectivity index (χ2n) is 9.83. The smallest absolute Gasteiger partial charge is 0.465 e. The second kappa shape index (κ2) is 28.2. The van der Waals surface area contributed by atoms with E-state index in [4.69, 9.17) is 14.2 Å². The Morgan fingerprint density at radius 3 is 2.05 bits per heavy atom. The van der Waals surface area contributed by atoms with Gasteiger partial charge in [-0.15, -0.1) is 0 Å². The number of aliphatic hydroxyl groups is 1. The molecule has 0 aromatic rings. The highest BCUT2D eigenvalue weighted by molar-refractivity contribution is 5.69. The lowest BCUT2D eigenvalue weighted by atomic mass is 10.1. The number of esters is 1. The summed E-state index contributed by atoms with van der Waals surface area (Å²) in [5.41, 5.74) is 0. The van der Waals surface area contributed by atoms with Gasteiger partial charge in [0.25, 0.3) is 0 Å². The first-order valence-electron chi connectivity index (χ1n) is 15.2. The summed E-state index contributed by atoms with van der Waals surface area (Å²) in [5.74, 6) is -0.485. The third-order valence-electron chi connectivity index (χ3n) is 6.55. The van der Waals surface area contributed by atoms with Gasteiger partial charge in [-0.05, 0) is 64.5 Å². The normalized spacial score (nSPS) is 12.4. The molecule has 0 heterocycles. The van der Waals surface area contributed by atoms with Crippen LogP contribution in [0.2, 0.25) is 0 Å². The molecular formula is C31H57NO6. The molecule has 0 aromatic carbocycles. The van der Waals surface area contributed by atoms with Crippen LogP contribution in [0.1, 0.15) is 111 Å². The van der Waals surface area contributed by atoms with Crippen molar-refractivity contribution in [3.05, 3.63) is 24.3 Å². The third kappa shape index (κ3) is 24.5. The predicted octanol–water partition coefficient (Wildman–Crippen LogP) is 7.23. The number of ether oxygens (including phenoxy) is 3. The fourth-order valence-electron chi connectivity index (χ4n) is 3.93. The van der Waals surface area contributed by atoms with Crippen molar-refractivity contribution in [2.24, 2.45) is 5.92 Å². The third-order valence-corrected chi connectivity index (χ3v) is 6.55. The van der Waals surface area contributed by atoms with Crippen molar-refractivity contribution in [3.63, 3.8) is 0 Å². The van der Waals surface area contributed by atoms with Gasteiger partial charge in [0.1, 0.15) is 0 Å². The summed E-state index contributed by atoms with van der Waals surface area (Å²) in [4.78, 5) is 25.9. The molecule has 0 aliphatic heterocycles. The number of unbranched alkanes of at least 4 members (excludes halogenated alkanes) is 8. The molecule has 1 unspecified atom stereocenters.